The minimum absolute atomic E-state index is 0.206. The fourth-order valence-corrected chi connectivity index (χ4v) is 1.11. The second-order valence-electron chi connectivity index (χ2n) is 2.63. The van der Waals surface area contributed by atoms with Crippen molar-refractivity contribution in [2.75, 3.05) is 0 Å². The largest absolute Gasteiger partial charge is 0.203 e. The molecule has 0 aromatic heterocycles. The Bertz CT molecular complexity index is 423. The smallest absolute Gasteiger partial charge is 0.171 e. The molecule has 0 N–H and O–H groups in total. The zero-order chi connectivity index (χ0) is 11.6. The van der Waals surface area contributed by atoms with Crippen molar-refractivity contribution >= 4 is 5.69 Å². The molecule has 0 saturated heterocycles. The topological polar surface area (TPSA) is 48.8 Å². The van der Waals surface area contributed by atoms with Crippen molar-refractivity contribution < 1.29 is 17.6 Å². The molecule has 3 nitrogen and oxygen atoms in total. The third-order valence-corrected chi connectivity index (χ3v) is 1.83. The van der Waals surface area contributed by atoms with Crippen molar-refractivity contribution in [2.24, 2.45) is 5.11 Å². The first-order chi connectivity index (χ1) is 7.04. The van der Waals surface area contributed by atoms with Crippen LogP contribution >= 0.6 is 0 Å². The monoisotopic (exact) mass is 219 g/mol. The van der Waals surface area contributed by atoms with Crippen LogP contribution in [0, 0.1) is 23.3 Å². The molecule has 0 atom stereocenters. The van der Waals surface area contributed by atoms with Crippen LogP contribution in [0.15, 0.2) is 5.11 Å². The second kappa shape index (κ2) is 4.18. The van der Waals surface area contributed by atoms with Gasteiger partial charge in [-0.2, -0.15) is 0 Å². The fraction of sp³-hybridized carbons (Fsp3) is 0.250. The van der Waals surface area contributed by atoms with E-state index in [1.807, 2.05) is 0 Å². The third kappa shape index (κ3) is 1.73. The van der Waals surface area contributed by atoms with Crippen molar-refractivity contribution in [3.63, 3.8) is 0 Å². The summed E-state index contributed by atoms with van der Waals surface area (Å²) in [5, 5.41) is 2.55. The molecule has 1 rings (SSSR count). The molecule has 0 amide bonds. The maximum atomic E-state index is 13.1. The molecule has 0 bridgehead atoms. The number of rotatable bonds is 2. The summed E-state index contributed by atoms with van der Waals surface area (Å²) in [6.45, 7) is 1.34. The van der Waals surface area contributed by atoms with Crippen LogP contribution in [0.2, 0.25) is 0 Å². The maximum Gasteiger partial charge on any atom is 0.171 e. The van der Waals surface area contributed by atoms with Crippen LogP contribution < -0.4 is 0 Å². The highest BCUT2D eigenvalue weighted by molar-refractivity contribution is 5.44. The highest BCUT2D eigenvalue weighted by atomic mass is 19.2. The van der Waals surface area contributed by atoms with Gasteiger partial charge in [-0.3, -0.25) is 0 Å². The summed E-state index contributed by atoms with van der Waals surface area (Å²) in [7, 11) is 0. The molecule has 0 unspecified atom stereocenters. The van der Waals surface area contributed by atoms with Gasteiger partial charge in [0.25, 0.3) is 0 Å². The van der Waals surface area contributed by atoms with Crippen LogP contribution in [0.3, 0.4) is 0 Å². The van der Waals surface area contributed by atoms with E-state index in [0.29, 0.717) is 0 Å². The fourth-order valence-electron chi connectivity index (χ4n) is 1.11. The SMILES string of the molecule is CCc1c(F)c(F)c(N=[N+]=[N-])c(F)c1F. The molecular weight excluding hydrogens is 214 g/mol. The zero-order valence-electron chi connectivity index (χ0n) is 7.56. The lowest BCUT2D eigenvalue weighted by atomic mass is 10.1. The number of hydrogen-bond acceptors (Lipinski definition) is 1. The summed E-state index contributed by atoms with van der Waals surface area (Å²) in [4.78, 5) is 2.08. The van der Waals surface area contributed by atoms with Gasteiger partial charge < -0.3 is 0 Å². The van der Waals surface area contributed by atoms with Gasteiger partial charge in [-0.25, -0.2) is 17.6 Å². The van der Waals surface area contributed by atoms with Gasteiger partial charge in [-0.15, -0.1) is 0 Å². The Morgan fingerprint density at radius 1 is 1.07 bits per heavy atom. The van der Waals surface area contributed by atoms with E-state index in [2.05, 4.69) is 10.0 Å². The molecule has 1 aromatic rings. The van der Waals surface area contributed by atoms with Crippen molar-refractivity contribution in [1.82, 2.24) is 0 Å². The molecule has 15 heavy (non-hydrogen) atoms. The van der Waals surface area contributed by atoms with E-state index in [4.69, 9.17) is 5.53 Å². The summed E-state index contributed by atoms with van der Waals surface area (Å²) in [6, 6.07) is 0. The van der Waals surface area contributed by atoms with E-state index in [-0.39, 0.29) is 6.42 Å². The summed E-state index contributed by atoms with van der Waals surface area (Å²) in [5.74, 6) is -6.41. The summed E-state index contributed by atoms with van der Waals surface area (Å²) >= 11 is 0. The average Bonchev–Trinajstić information content (AvgIpc) is 2.23. The van der Waals surface area contributed by atoms with Gasteiger partial charge in [0.1, 0.15) is 5.69 Å². The third-order valence-electron chi connectivity index (χ3n) is 1.83. The number of nitrogens with zero attached hydrogens (tertiary/aromatic N) is 3. The maximum absolute atomic E-state index is 13.1. The standard InChI is InChI=1S/C8H5F4N3/c1-2-3-4(9)6(11)8(14-15-13)7(12)5(3)10/h2H2,1H3. The molecule has 0 aliphatic heterocycles. The highest BCUT2D eigenvalue weighted by Gasteiger charge is 2.23. The Labute approximate surface area is 82.0 Å². The predicted molar refractivity (Wildman–Crippen MR) is 44.5 cm³/mol. The summed E-state index contributed by atoms with van der Waals surface area (Å²) < 4.78 is 52.2. The average molecular weight is 219 g/mol. The Morgan fingerprint density at radius 3 is 1.87 bits per heavy atom. The van der Waals surface area contributed by atoms with Crippen molar-refractivity contribution in [3.05, 3.63) is 39.3 Å². The molecule has 0 spiro atoms. The number of hydrogen-bond donors (Lipinski definition) is 0. The second-order valence-corrected chi connectivity index (χ2v) is 2.63. The van der Waals surface area contributed by atoms with Crippen LogP contribution in [0.4, 0.5) is 23.2 Å². The first-order valence-corrected chi connectivity index (χ1v) is 3.94. The molecule has 0 saturated carbocycles. The Morgan fingerprint density at radius 2 is 1.53 bits per heavy atom. The van der Waals surface area contributed by atoms with Gasteiger partial charge in [0.2, 0.25) is 0 Å². The van der Waals surface area contributed by atoms with Crippen LogP contribution in [0.1, 0.15) is 12.5 Å². The normalized spacial score (nSPS) is 9.93. The Balaban J connectivity index is 3.65. The molecule has 0 fully saturated rings. The molecule has 80 valence electrons. The highest BCUT2D eigenvalue weighted by Crippen LogP contribution is 2.30. The minimum Gasteiger partial charge on any atom is -0.203 e. The predicted octanol–water partition coefficient (Wildman–Crippen LogP) is 3.75. The molecule has 0 radical (unpaired) electrons. The van der Waals surface area contributed by atoms with Crippen LogP contribution in [0.5, 0.6) is 0 Å². The number of benzene rings is 1. The van der Waals surface area contributed by atoms with E-state index in [1.165, 1.54) is 6.92 Å². The number of halogens is 4. The first kappa shape index (κ1) is 11.3. The molecule has 0 heterocycles. The van der Waals surface area contributed by atoms with Gasteiger partial charge in [0.15, 0.2) is 23.3 Å². The van der Waals surface area contributed by atoms with Crippen molar-refractivity contribution in [3.8, 4) is 0 Å². The van der Waals surface area contributed by atoms with Gasteiger partial charge in [-0.1, -0.05) is 12.0 Å². The van der Waals surface area contributed by atoms with E-state index >= 15 is 0 Å². The summed E-state index contributed by atoms with van der Waals surface area (Å²) in [5.41, 5.74) is 5.96. The Kier molecular flexibility index (Phi) is 3.16. The molecular formula is C8H5F4N3. The number of azide groups is 1. The minimum atomic E-state index is -1.68. The Hall–Kier alpha value is -1.75. The van der Waals surface area contributed by atoms with Crippen LogP contribution in [0.25, 0.3) is 10.4 Å². The van der Waals surface area contributed by atoms with E-state index in [1.54, 1.807) is 0 Å². The molecule has 1 aromatic carbocycles. The molecule has 7 heteroatoms. The van der Waals surface area contributed by atoms with Gasteiger partial charge in [0.05, 0.1) is 0 Å². The summed E-state index contributed by atoms with van der Waals surface area (Å²) in [6.07, 6.45) is -0.206. The molecule has 0 aliphatic carbocycles. The lowest BCUT2D eigenvalue weighted by molar-refractivity contribution is 0.443. The van der Waals surface area contributed by atoms with E-state index in [9.17, 15) is 17.6 Å². The molecule has 0 aliphatic rings. The van der Waals surface area contributed by atoms with Crippen LogP contribution in [-0.2, 0) is 6.42 Å². The van der Waals surface area contributed by atoms with Crippen molar-refractivity contribution in [1.29, 1.82) is 0 Å². The zero-order valence-corrected chi connectivity index (χ0v) is 7.56. The quantitative estimate of drug-likeness (QED) is 0.239. The van der Waals surface area contributed by atoms with Gasteiger partial charge in [0, 0.05) is 10.5 Å². The lowest BCUT2D eigenvalue weighted by Gasteiger charge is -2.06. The van der Waals surface area contributed by atoms with Gasteiger partial charge >= 0.3 is 0 Å². The lowest BCUT2D eigenvalue weighted by Crippen LogP contribution is -2.02. The van der Waals surface area contributed by atoms with Crippen LogP contribution in [-0.4, -0.2) is 0 Å². The van der Waals surface area contributed by atoms with Gasteiger partial charge in [-0.05, 0) is 12.0 Å². The van der Waals surface area contributed by atoms with E-state index in [0.717, 1.165) is 0 Å². The first-order valence-electron chi connectivity index (χ1n) is 3.94. The van der Waals surface area contributed by atoms with E-state index < -0.39 is 34.5 Å². The van der Waals surface area contributed by atoms with Crippen molar-refractivity contribution in [2.45, 2.75) is 13.3 Å².